The van der Waals surface area contributed by atoms with Crippen LogP contribution in [0.2, 0.25) is 0 Å². The van der Waals surface area contributed by atoms with Crippen molar-refractivity contribution in [2.24, 2.45) is 5.92 Å². The van der Waals surface area contributed by atoms with Gasteiger partial charge in [0.1, 0.15) is 5.75 Å². The van der Waals surface area contributed by atoms with Crippen molar-refractivity contribution in [1.29, 1.82) is 0 Å². The second kappa shape index (κ2) is 5.96. The van der Waals surface area contributed by atoms with Crippen molar-refractivity contribution in [1.82, 2.24) is 5.32 Å². The van der Waals surface area contributed by atoms with Crippen LogP contribution >= 0.6 is 0 Å². The highest BCUT2D eigenvalue weighted by Gasteiger charge is 2.16. The molecule has 2 heteroatoms. The normalized spacial score (nSPS) is 17.5. The Labute approximate surface area is 117 Å². The number of ether oxygens (including phenoxy) is 1. The minimum absolute atomic E-state index is 0.207. The van der Waals surface area contributed by atoms with Gasteiger partial charge in [0, 0.05) is 0 Å². The Balaban J connectivity index is 1.97. The lowest BCUT2D eigenvalue weighted by Gasteiger charge is -2.24. The fraction of sp³-hybridized carbons (Fsp3) is 0.647. The van der Waals surface area contributed by atoms with E-state index in [1.165, 1.54) is 24.0 Å². The predicted molar refractivity (Wildman–Crippen MR) is 81.0 cm³/mol. The van der Waals surface area contributed by atoms with Crippen molar-refractivity contribution in [2.45, 2.75) is 46.0 Å². The van der Waals surface area contributed by atoms with Crippen LogP contribution in [0, 0.1) is 12.8 Å². The van der Waals surface area contributed by atoms with Crippen LogP contribution in [0.1, 0.15) is 44.7 Å². The number of rotatable bonds is 3. The number of aryl methyl sites for hydroxylation is 1. The first-order chi connectivity index (χ1) is 8.97. The molecule has 1 aromatic rings. The Hall–Kier alpha value is -1.02. The molecule has 0 aromatic heterocycles. The van der Waals surface area contributed by atoms with Gasteiger partial charge in [-0.2, -0.15) is 0 Å². The second-order valence-electron chi connectivity index (χ2n) is 6.73. The summed E-state index contributed by atoms with van der Waals surface area (Å²) in [5.74, 6) is 1.76. The summed E-state index contributed by atoms with van der Waals surface area (Å²) < 4.78 is 6.02. The summed E-state index contributed by atoms with van der Waals surface area (Å²) in [6.07, 6.45) is 2.47. The molecule has 1 fully saturated rings. The molecule has 1 heterocycles. The third-order valence-electron chi connectivity index (χ3n) is 3.97. The molecule has 0 atom stereocenters. The molecule has 1 N–H and O–H groups in total. The molecule has 19 heavy (non-hydrogen) atoms. The lowest BCUT2D eigenvalue weighted by atomic mass is 9.86. The van der Waals surface area contributed by atoms with Gasteiger partial charge in [-0.3, -0.25) is 0 Å². The predicted octanol–water partition coefficient (Wildman–Crippen LogP) is 3.67. The molecule has 106 valence electrons. The highest BCUT2D eigenvalue weighted by Crippen LogP contribution is 2.28. The summed E-state index contributed by atoms with van der Waals surface area (Å²) in [5.41, 5.74) is 2.83. The first-order valence-corrected chi connectivity index (χ1v) is 7.41. The van der Waals surface area contributed by atoms with Crippen molar-refractivity contribution in [2.75, 3.05) is 19.7 Å². The largest absolute Gasteiger partial charge is 0.493 e. The van der Waals surface area contributed by atoms with Crippen LogP contribution in [0.15, 0.2) is 18.2 Å². The molecule has 2 nitrogen and oxygen atoms in total. The van der Waals surface area contributed by atoms with E-state index in [2.05, 4.69) is 51.2 Å². The van der Waals surface area contributed by atoms with E-state index in [9.17, 15) is 0 Å². The summed E-state index contributed by atoms with van der Waals surface area (Å²) in [6.45, 7) is 12.0. The maximum atomic E-state index is 6.02. The minimum atomic E-state index is 0.207. The SMILES string of the molecule is Cc1cc(C(C)(C)C)ccc1OCC1CCNCC1. The minimum Gasteiger partial charge on any atom is -0.493 e. The number of piperidine rings is 1. The van der Waals surface area contributed by atoms with E-state index >= 15 is 0 Å². The van der Waals surface area contributed by atoms with E-state index < -0.39 is 0 Å². The molecule has 0 saturated carbocycles. The highest BCUT2D eigenvalue weighted by atomic mass is 16.5. The van der Waals surface area contributed by atoms with Crippen molar-refractivity contribution < 1.29 is 4.74 Å². The van der Waals surface area contributed by atoms with Crippen molar-refractivity contribution >= 4 is 0 Å². The average Bonchev–Trinajstić information content (AvgIpc) is 2.37. The van der Waals surface area contributed by atoms with Gasteiger partial charge in [-0.1, -0.05) is 32.9 Å². The molecule has 0 amide bonds. The van der Waals surface area contributed by atoms with Crippen LogP contribution in [-0.4, -0.2) is 19.7 Å². The van der Waals surface area contributed by atoms with Crippen LogP contribution in [0.5, 0.6) is 5.75 Å². The maximum absolute atomic E-state index is 6.02. The van der Waals surface area contributed by atoms with Crippen molar-refractivity contribution in [3.63, 3.8) is 0 Å². The van der Waals surface area contributed by atoms with Gasteiger partial charge in [0.15, 0.2) is 0 Å². The molecule has 1 aliphatic rings. The van der Waals surface area contributed by atoms with E-state index in [-0.39, 0.29) is 5.41 Å². The molecule has 0 spiro atoms. The van der Waals surface area contributed by atoms with Crippen molar-refractivity contribution in [3.05, 3.63) is 29.3 Å². The number of hydrogen-bond donors (Lipinski definition) is 1. The molecule has 1 aliphatic heterocycles. The van der Waals surface area contributed by atoms with Gasteiger partial charge < -0.3 is 10.1 Å². The smallest absolute Gasteiger partial charge is 0.122 e. The Kier molecular flexibility index (Phi) is 4.51. The monoisotopic (exact) mass is 261 g/mol. The Bertz CT molecular complexity index is 414. The molecule has 1 saturated heterocycles. The zero-order chi connectivity index (χ0) is 13.9. The van der Waals surface area contributed by atoms with Crippen LogP contribution < -0.4 is 10.1 Å². The average molecular weight is 261 g/mol. The Morgan fingerprint density at radius 2 is 1.89 bits per heavy atom. The van der Waals surface area contributed by atoms with Crippen LogP contribution in [0.25, 0.3) is 0 Å². The van der Waals surface area contributed by atoms with E-state index in [1.807, 2.05) is 0 Å². The zero-order valence-corrected chi connectivity index (χ0v) is 12.8. The lowest BCUT2D eigenvalue weighted by Crippen LogP contribution is -2.30. The second-order valence-corrected chi connectivity index (χ2v) is 6.73. The topological polar surface area (TPSA) is 21.3 Å². The van der Waals surface area contributed by atoms with Crippen LogP contribution in [0.3, 0.4) is 0 Å². The molecule has 2 rings (SSSR count). The molecule has 0 bridgehead atoms. The van der Waals surface area contributed by atoms with E-state index in [0.717, 1.165) is 25.4 Å². The van der Waals surface area contributed by atoms with Gasteiger partial charge in [-0.25, -0.2) is 0 Å². The Morgan fingerprint density at radius 3 is 2.47 bits per heavy atom. The fourth-order valence-electron chi connectivity index (χ4n) is 2.53. The molecular weight excluding hydrogens is 234 g/mol. The summed E-state index contributed by atoms with van der Waals surface area (Å²) >= 11 is 0. The molecule has 0 radical (unpaired) electrons. The zero-order valence-electron chi connectivity index (χ0n) is 12.8. The Morgan fingerprint density at radius 1 is 1.21 bits per heavy atom. The summed E-state index contributed by atoms with van der Waals surface area (Å²) in [6, 6.07) is 6.60. The van der Waals surface area contributed by atoms with Gasteiger partial charge in [0.05, 0.1) is 6.61 Å². The van der Waals surface area contributed by atoms with Gasteiger partial charge in [0.25, 0.3) is 0 Å². The van der Waals surface area contributed by atoms with Gasteiger partial charge >= 0.3 is 0 Å². The number of benzene rings is 1. The first-order valence-electron chi connectivity index (χ1n) is 7.41. The van der Waals surface area contributed by atoms with E-state index in [1.54, 1.807) is 0 Å². The number of hydrogen-bond acceptors (Lipinski definition) is 2. The lowest BCUT2D eigenvalue weighted by molar-refractivity contribution is 0.214. The van der Waals surface area contributed by atoms with Crippen LogP contribution in [-0.2, 0) is 5.41 Å². The fourth-order valence-corrected chi connectivity index (χ4v) is 2.53. The molecular formula is C17H27NO. The van der Waals surface area contributed by atoms with Crippen LogP contribution in [0.4, 0.5) is 0 Å². The quantitative estimate of drug-likeness (QED) is 0.896. The van der Waals surface area contributed by atoms with E-state index in [0.29, 0.717) is 5.92 Å². The first kappa shape index (κ1) is 14.4. The standard InChI is InChI=1S/C17H27NO/c1-13-11-15(17(2,3)4)5-6-16(13)19-12-14-7-9-18-10-8-14/h5-6,11,14,18H,7-10,12H2,1-4H3. The third-order valence-corrected chi connectivity index (χ3v) is 3.97. The summed E-state index contributed by atoms with van der Waals surface area (Å²) in [4.78, 5) is 0. The molecule has 1 aromatic carbocycles. The molecule has 0 unspecified atom stereocenters. The van der Waals surface area contributed by atoms with Gasteiger partial charge in [-0.15, -0.1) is 0 Å². The number of nitrogens with one attached hydrogen (secondary N) is 1. The maximum Gasteiger partial charge on any atom is 0.122 e. The highest BCUT2D eigenvalue weighted by molar-refractivity contribution is 5.38. The molecule has 0 aliphatic carbocycles. The van der Waals surface area contributed by atoms with E-state index in [4.69, 9.17) is 4.74 Å². The summed E-state index contributed by atoms with van der Waals surface area (Å²) in [7, 11) is 0. The third kappa shape index (κ3) is 3.97. The summed E-state index contributed by atoms with van der Waals surface area (Å²) in [5, 5.41) is 3.39. The van der Waals surface area contributed by atoms with Gasteiger partial charge in [-0.05, 0) is 61.4 Å². The van der Waals surface area contributed by atoms with Crippen molar-refractivity contribution in [3.8, 4) is 5.75 Å². The van der Waals surface area contributed by atoms with Gasteiger partial charge in [0.2, 0.25) is 0 Å².